The standard InChI is InChI=1S/C12H22N2O/c1-9(13)12(15)14-8-4-6-10-5-2-3-7-11(10)14/h9-11H,2-8,13H2,1H3/t9-,10+,11+/m0/s1. The summed E-state index contributed by atoms with van der Waals surface area (Å²) in [5.74, 6) is 0.918. The number of nitrogens with two attached hydrogens (primary N) is 1. The van der Waals surface area contributed by atoms with Gasteiger partial charge in [0.1, 0.15) is 0 Å². The maximum Gasteiger partial charge on any atom is 0.239 e. The van der Waals surface area contributed by atoms with Crippen LogP contribution in [-0.2, 0) is 4.79 Å². The molecule has 1 aliphatic heterocycles. The van der Waals surface area contributed by atoms with Crippen LogP contribution in [0, 0.1) is 5.92 Å². The van der Waals surface area contributed by atoms with Gasteiger partial charge in [0.25, 0.3) is 0 Å². The molecule has 1 heterocycles. The summed E-state index contributed by atoms with van der Waals surface area (Å²) in [6, 6.07) is 0.177. The van der Waals surface area contributed by atoms with E-state index >= 15 is 0 Å². The predicted molar refractivity (Wildman–Crippen MR) is 60.3 cm³/mol. The second kappa shape index (κ2) is 4.52. The van der Waals surface area contributed by atoms with Gasteiger partial charge in [-0.05, 0) is 38.5 Å². The largest absolute Gasteiger partial charge is 0.338 e. The van der Waals surface area contributed by atoms with E-state index < -0.39 is 0 Å². The number of hydrogen-bond donors (Lipinski definition) is 1. The monoisotopic (exact) mass is 210 g/mol. The lowest BCUT2D eigenvalue weighted by Gasteiger charge is -2.44. The molecular weight excluding hydrogens is 188 g/mol. The fourth-order valence-electron chi connectivity index (χ4n) is 3.16. The van der Waals surface area contributed by atoms with Crippen LogP contribution in [-0.4, -0.2) is 29.4 Å². The average molecular weight is 210 g/mol. The van der Waals surface area contributed by atoms with Gasteiger partial charge in [-0.2, -0.15) is 0 Å². The molecule has 1 amide bonds. The summed E-state index contributed by atoms with van der Waals surface area (Å²) in [6.07, 6.45) is 7.62. The van der Waals surface area contributed by atoms with Crippen molar-refractivity contribution >= 4 is 5.91 Å². The lowest BCUT2D eigenvalue weighted by atomic mass is 9.78. The summed E-state index contributed by atoms with van der Waals surface area (Å²) >= 11 is 0. The molecule has 3 nitrogen and oxygen atoms in total. The van der Waals surface area contributed by atoms with Crippen LogP contribution in [0.4, 0.5) is 0 Å². The van der Waals surface area contributed by atoms with E-state index in [0.717, 1.165) is 12.5 Å². The van der Waals surface area contributed by atoms with E-state index in [1.165, 1.54) is 38.5 Å². The molecule has 3 heteroatoms. The van der Waals surface area contributed by atoms with Gasteiger partial charge >= 0.3 is 0 Å². The Morgan fingerprint density at radius 2 is 1.93 bits per heavy atom. The molecule has 1 saturated heterocycles. The minimum absolute atomic E-state index is 0.159. The van der Waals surface area contributed by atoms with Crippen LogP contribution in [0.1, 0.15) is 45.4 Å². The van der Waals surface area contributed by atoms with E-state index in [9.17, 15) is 4.79 Å². The first-order valence-electron chi connectivity index (χ1n) is 6.26. The Kier molecular flexibility index (Phi) is 3.29. The van der Waals surface area contributed by atoms with E-state index in [2.05, 4.69) is 4.90 Å². The Balaban J connectivity index is 2.06. The predicted octanol–water partition coefficient (Wildman–Crippen LogP) is 1.51. The number of carbonyl (C=O) groups is 1. The van der Waals surface area contributed by atoms with Crippen LogP contribution in [0.5, 0.6) is 0 Å². The van der Waals surface area contributed by atoms with Gasteiger partial charge in [-0.3, -0.25) is 4.79 Å². The van der Waals surface area contributed by atoms with Crippen molar-refractivity contribution in [2.24, 2.45) is 11.7 Å². The van der Waals surface area contributed by atoms with Gasteiger partial charge in [0.2, 0.25) is 5.91 Å². The van der Waals surface area contributed by atoms with Crippen LogP contribution in [0.25, 0.3) is 0 Å². The van der Waals surface area contributed by atoms with E-state index in [1.807, 2.05) is 0 Å². The molecule has 2 aliphatic rings. The normalized spacial score (nSPS) is 33.3. The van der Waals surface area contributed by atoms with E-state index in [-0.39, 0.29) is 11.9 Å². The summed E-state index contributed by atoms with van der Waals surface area (Å²) in [4.78, 5) is 14.0. The van der Waals surface area contributed by atoms with Gasteiger partial charge in [-0.15, -0.1) is 0 Å². The number of carbonyl (C=O) groups excluding carboxylic acids is 1. The van der Waals surface area contributed by atoms with Crippen LogP contribution in [0.2, 0.25) is 0 Å². The lowest BCUT2D eigenvalue weighted by molar-refractivity contribution is -0.138. The van der Waals surface area contributed by atoms with Crippen molar-refractivity contribution in [1.82, 2.24) is 4.90 Å². The van der Waals surface area contributed by atoms with Crippen LogP contribution in [0.15, 0.2) is 0 Å². The zero-order chi connectivity index (χ0) is 10.8. The number of piperidine rings is 1. The van der Waals surface area contributed by atoms with Crippen molar-refractivity contribution < 1.29 is 4.79 Å². The molecule has 2 rings (SSSR count). The molecule has 0 aromatic rings. The molecule has 1 aliphatic carbocycles. The lowest BCUT2D eigenvalue weighted by Crippen LogP contribution is -2.53. The minimum atomic E-state index is -0.328. The van der Waals surface area contributed by atoms with Crippen molar-refractivity contribution in [2.75, 3.05) is 6.54 Å². The molecule has 2 N–H and O–H groups in total. The first kappa shape index (κ1) is 10.9. The van der Waals surface area contributed by atoms with Crippen molar-refractivity contribution in [3.63, 3.8) is 0 Å². The highest BCUT2D eigenvalue weighted by molar-refractivity contribution is 5.81. The molecule has 0 radical (unpaired) electrons. The molecule has 15 heavy (non-hydrogen) atoms. The zero-order valence-corrected chi connectivity index (χ0v) is 9.61. The molecule has 3 atom stereocenters. The SMILES string of the molecule is C[C@H](N)C(=O)N1CCC[C@H]2CCCC[C@H]21. The molecule has 0 aromatic heterocycles. The van der Waals surface area contributed by atoms with Crippen molar-refractivity contribution in [3.8, 4) is 0 Å². The van der Waals surface area contributed by atoms with Gasteiger partial charge in [0.15, 0.2) is 0 Å². The Labute approximate surface area is 92.0 Å². The molecule has 1 saturated carbocycles. The summed E-state index contributed by atoms with van der Waals surface area (Å²) in [5.41, 5.74) is 5.70. The quantitative estimate of drug-likeness (QED) is 0.713. The Morgan fingerprint density at radius 3 is 2.67 bits per heavy atom. The van der Waals surface area contributed by atoms with Crippen LogP contribution in [0.3, 0.4) is 0 Å². The molecular formula is C12H22N2O. The number of amides is 1. The third-order valence-corrected chi connectivity index (χ3v) is 3.92. The fraction of sp³-hybridized carbons (Fsp3) is 0.917. The Bertz CT molecular complexity index is 238. The van der Waals surface area contributed by atoms with Crippen molar-refractivity contribution in [2.45, 2.75) is 57.5 Å². The van der Waals surface area contributed by atoms with Gasteiger partial charge in [-0.1, -0.05) is 12.8 Å². The first-order valence-corrected chi connectivity index (χ1v) is 6.26. The second-order valence-corrected chi connectivity index (χ2v) is 5.07. The average Bonchev–Trinajstić information content (AvgIpc) is 2.27. The molecule has 0 unspecified atom stereocenters. The number of nitrogens with zero attached hydrogens (tertiary/aromatic N) is 1. The highest BCUT2D eigenvalue weighted by Crippen LogP contribution is 2.35. The molecule has 0 aromatic carbocycles. The molecule has 86 valence electrons. The third kappa shape index (κ3) is 2.17. The van der Waals surface area contributed by atoms with E-state index in [4.69, 9.17) is 5.73 Å². The Morgan fingerprint density at radius 1 is 1.27 bits per heavy atom. The Hall–Kier alpha value is -0.570. The van der Waals surface area contributed by atoms with Gasteiger partial charge in [0, 0.05) is 12.6 Å². The number of hydrogen-bond acceptors (Lipinski definition) is 2. The highest BCUT2D eigenvalue weighted by atomic mass is 16.2. The number of rotatable bonds is 1. The summed E-state index contributed by atoms with van der Waals surface area (Å²) in [6.45, 7) is 2.73. The topological polar surface area (TPSA) is 46.3 Å². The van der Waals surface area contributed by atoms with Gasteiger partial charge in [0.05, 0.1) is 6.04 Å². The highest BCUT2D eigenvalue weighted by Gasteiger charge is 2.36. The molecule has 0 bridgehead atoms. The van der Waals surface area contributed by atoms with Crippen molar-refractivity contribution in [3.05, 3.63) is 0 Å². The maximum absolute atomic E-state index is 12.0. The third-order valence-electron chi connectivity index (χ3n) is 3.92. The van der Waals surface area contributed by atoms with Crippen molar-refractivity contribution in [1.29, 1.82) is 0 Å². The second-order valence-electron chi connectivity index (χ2n) is 5.07. The smallest absolute Gasteiger partial charge is 0.239 e. The summed E-state index contributed by atoms with van der Waals surface area (Å²) in [7, 11) is 0. The van der Waals surface area contributed by atoms with Crippen LogP contribution >= 0.6 is 0 Å². The van der Waals surface area contributed by atoms with Crippen LogP contribution < -0.4 is 5.73 Å². The van der Waals surface area contributed by atoms with E-state index in [0.29, 0.717) is 6.04 Å². The zero-order valence-electron chi connectivity index (χ0n) is 9.61. The first-order chi connectivity index (χ1) is 7.20. The van der Waals surface area contributed by atoms with Gasteiger partial charge < -0.3 is 10.6 Å². The minimum Gasteiger partial charge on any atom is -0.338 e. The number of fused-ring (bicyclic) bond motifs is 1. The molecule has 0 spiro atoms. The number of likely N-dealkylation sites (tertiary alicyclic amines) is 1. The molecule has 2 fully saturated rings. The van der Waals surface area contributed by atoms with Gasteiger partial charge in [-0.25, -0.2) is 0 Å². The fourth-order valence-corrected chi connectivity index (χ4v) is 3.16. The summed E-state index contributed by atoms with van der Waals surface area (Å²) in [5, 5.41) is 0. The summed E-state index contributed by atoms with van der Waals surface area (Å²) < 4.78 is 0. The van der Waals surface area contributed by atoms with E-state index in [1.54, 1.807) is 6.92 Å². The maximum atomic E-state index is 12.0.